The molecular formula is C25H29FN6. The largest absolute Gasteiger partial charge is 0.361 e. The van der Waals surface area contributed by atoms with Gasteiger partial charge in [0, 0.05) is 55.0 Å². The molecule has 2 aromatic carbocycles. The molecule has 3 heterocycles. The van der Waals surface area contributed by atoms with E-state index in [0.29, 0.717) is 6.04 Å². The highest BCUT2D eigenvalue weighted by molar-refractivity contribution is 5.85. The van der Waals surface area contributed by atoms with Crippen molar-refractivity contribution in [1.82, 2.24) is 30.0 Å². The number of hydrogen-bond acceptors (Lipinski definition) is 4. The highest BCUT2D eigenvalue weighted by Crippen LogP contribution is 2.24. The minimum atomic E-state index is -0.0932. The second kappa shape index (κ2) is 9.63. The fraction of sp³-hybridized carbons (Fsp3) is 0.360. The van der Waals surface area contributed by atoms with Crippen molar-refractivity contribution in [3.8, 4) is 5.69 Å². The summed E-state index contributed by atoms with van der Waals surface area (Å²) in [6.07, 6.45) is 9.61. The van der Waals surface area contributed by atoms with E-state index in [-0.39, 0.29) is 5.82 Å². The van der Waals surface area contributed by atoms with Gasteiger partial charge in [0.05, 0.1) is 0 Å². The molecule has 166 valence electrons. The first kappa shape index (κ1) is 20.8. The summed E-state index contributed by atoms with van der Waals surface area (Å²) in [7, 11) is 0. The summed E-state index contributed by atoms with van der Waals surface area (Å²) in [5.41, 5.74) is 4.38. The minimum Gasteiger partial charge on any atom is -0.361 e. The Hall–Kier alpha value is -3.03. The first-order valence-electron chi connectivity index (χ1n) is 11.4. The van der Waals surface area contributed by atoms with Gasteiger partial charge in [-0.3, -0.25) is 9.47 Å². The van der Waals surface area contributed by atoms with Gasteiger partial charge in [-0.05, 0) is 61.1 Å². The van der Waals surface area contributed by atoms with Crippen molar-refractivity contribution in [2.45, 2.75) is 31.7 Å². The van der Waals surface area contributed by atoms with Gasteiger partial charge in [0.1, 0.15) is 18.5 Å². The lowest BCUT2D eigenvalue weighted by atomic mass is 10.0. The number of aryl methyl sites for hydroxylation is 1. The number of nitrogens with one attached hydrogen (secondary N) is 2. The lowest BCUT2D eigenvalue weighted by Crippen LogP contribution is -2.51. The summed E-state index contributed by atoms with van der Waals surface area (Å²) >= 11 is 0. The second-order valence-electron chi connectivity index (χ2n) is 8.54. The van der Waals surface area contributed by atoms with E-state index >= 15 is 0 Å². The Morgan fingerprint density at radius 1 is 1.03 bits per heavy atom. The molecule has 7 heteroatoms. The molecule has 32 heavy (non-hydrogen) atoms. The van der Waals surface area contributed by atoms with E-state index in [1.807, 2.05) is 16.7 Å². The number of halogens is 1. The Morgan fingerprint density at radius 3 is 2.78 bits per heavy atom. The number of H-pyrrole nitrogens is 1. The Balaban J connectivity index is 1.20. The predicted molar refractivity (Wildman–Crippen MR) is 124 cm³/mol. The van der Waals surface area contributed by atoms with Crippen molar-refractivity contribution in [3.05, 3.63) is 78.3 Å². The third-order valence-corrected chi connectivity index (χ3v) is 6.55. The lowest BCUT2D eigenvalue weighted by molar-refractivity contribution is 0.152. The molecule has 0 bridgehead atoms. The van der Waals surface area contributed by atoms with E-state index in [1.54, 1.807) is 24.8 Å². The zero-order valence-corrected chi connectivity index (χ0v) is 18.2. The average Bonchev–Trinajstić information content (AvgIpc) is 3.49. The molecule has 1 aliphatic heterocycles. The number of rotatable bonds is 8. The fourth-order valence-electron chi connectivity index (χ4n) is 4.74. The highest BCUT2D eigenvalue weighted by Gasteiger charge is 2.22. The molecule has 1 saturated heterocycles. The minimum absolute atomic E-state index is 0.0932. The maximum atomic E-state index is 14.0. The van der Waals surface area contributed by atoms with Crippen molar-refractivity contribution in [1.29, 1.82) is 0 Å². The number of piperazine rings is 1. The van der Waals surface area contributed by atoms with Gasteiger partial charge < -0.3 is 10.3 Å². The molecule has 0 amide bonds. The topological polar surface area (TPSA) is 61.8 Å². The Morgan fingerprint density at radius 2 is 1.91 bits per heavy atom. The van der Waals surface area contributed by atoms with Crippen LogP contribution in [0.3, 0.4) is 0 Å². The third-order valence-electron chi connectivity index (χ3n) is 6.55. The summed E-state index contributed by atoms with van der Waals surface area (Å²) in [5, 5.41) is 12.6. The van der Waals surface area contributed by atoms with E-state index in [4.69, 9.17) is 0 Å². The van der Waals surface area contributed by atoms with Crippen LogP contribution >= 0.6 is 0 Å². The molecule has 2 aromatic heterocycles. The summed E-state index contributed by atoms with van der Waals surface area (Å²) < 4.78 is 15.9. The summed E-state index contributed by atoms with van der Waals surface area (Å²) in [5.74, 6) is -0.0932. The number of benzene rings is 2. The van der Waals surface area contributed by atoms with Crippen LogP contribution < -0.4 is 5.32 Å². The van der Waals surface area contributed by atoms with Crippen molar-refractivity contribution in [2.24, 2.45) is 0 Å². The van der Waals surface area contributed by atoms with Crippen LogP contribution in [0.4, 0.5) is 4.39 Å². The van der Waals surface area contributed by atoms with Crippen LogP contribution in [0.1, 0.15) is 24.0 Å². The summed E-state index contributed by atoms with van der Waals surface area (Å²) in [4.78, 5) is 5.93. The van der Waals surface area contributed by atoms with E-state index in [0.717, 1.165) is 68.6 Å². The van der Waals surface area contributed by atoms with Gasteiger partial charge in [0.25, 0.3) is 0 Å². The summed E-state index contributed by atoms with van der Waals surface area (Å²) in [6, 6.07) is 14.0. The van der Waals surface area contributed by atoms with Gasteiger partial charge in [0.2, 0.25) is 0 Å². The van der Waals surface area contributed by atoms with Crippen LogP contribution in [0.2, 0.25) is 0 Å². The first-order chi connectivity index (χ1) is 15.8. The van der Waals surface area contributed by atoms with Crippen LogP contribution in [-0.2, 0) is 12.8 Å². The van der Waals surface area contributed by atoms with Crippen LogP contribution in [0.25, 0.3) is 16.6 Å². The van der Waals surface area contributed by atoms with Crippen molar-refractivity contribution in [3.63, 3.8) is 0 Å². The molecule has 1 aliphatic rings. The van der Waals surface area contributed by atoms with Crippen LogP contribution in [-0.4, -0.2) is 56.9 Å². The number of fused-ring (bicyclic) bond motifs is 1. The van der Waals surface area contributed by atoms with Gasteiger partial charge in [-0.25, -0.2) is 4.39 Å². The number of nitrogens with zero attached hydrogens (tertiary/aromatic N) is 4. The van der Waals surface area contributed by atoms with E-state index in [2.05, 4.69) is 49.8 Å². The molecule has 4 aromatic rings. The van der Waals surface area contributed by atoms with Crippen molar-refractivity contribution < 1.29 is 4.39 Å². The van der Waals surface area contributed by atoms with Gasteiger partial charge in [0.15, 0.2) is 0 Å². The van der Waals surface area contributed by atoms with E-state index in [9.17, 15) is 4.39 Å². The van der Waals surface area contributed by atoms with Gasteiger partial charge >= 0.3 is 0 Å². The monoisotopic (exact) mass is 432 g/mol. The smallest absolute Gasteiger partial charge is 0.126 e. The van der Waals surface area contributed by atoms with E-state index in [1.165, 1.54) is 10.9 Å². The van der Waals surface area contributed by atoms with Crippen LogP contribution in [0, 0.1) is 5.82 Å². The Labute approximate surface area is 187 Å². The van der Waals surface area contributed by atoms with Gasteiger partial charge in [-0.2, -0.15) is 0 Å². The number of hydrogen-bond donors (Lipinski definition) is 2. The fourth-order valence-corrected chi connectivity index (χ4v) is 4.74. The van der Waals surface area contributed by atoms with Crippen molar-refractivity contribution >= 4 is 10.9 Å². The highest BCUT2D eigenvalue weighted by atomic mass is 19.1. The second-order valence-corrected chi connectivity index (χ2v) is 8.54. The SMILES string of the molecule is Fc1ccccc1CCN1CCNCC1CCCc1c[nH]c2ccc(-n3cnnc3)cc12. The molecule has 1 atom stereocenters. The van der Waals surface area contributed by atoms with E-state index < -0.39 is 0 Å². The molecular weight excluding hydrogens is 403 g/mol. The molecule has 2 N–H and O–H groups in total. The molecule has 0 aliphatic carbocycles. The first-order valence-corrected chi connectivity index (χ1v) is 11.4. The maximum Gasteiger partial charge on any atom is 0.126 e. The molecule has 5 rings (SSSR count). The third kappa shape index (κ3) is 4.59. The molecule has 1 unspecified atom stereocenters. The van der Waals surface area contributed by atoms with Crippen molar-refractivity contribution in [2.75, 3.05) is 26.2 Å². The van der Waals surface area contributed by atoms with Gasteiger partial charge in [-0.1, -0.05) is 18.2 Å². The quantitative estimate of drug-likeness (QED) is 0.445. The lowest BCUT2D eigenvalue weighted by Gasteiger charge is -2.36. The molecule has 0 spiro atoms. The molecule has 6 nitrogen and oxygen atoms in total. The Bertz CT molecular complexity index is 1150. The normalized spacial score (nSPS) is 17.2. The number of aromatic amines is 1. The maximum absolute atomic E-state index is 14.0. The zero-order chi connectivity index (χ0) is 21.8. The molecule has 0 radical (unpaired) electrons. The average molecular weight is 433 g/mol. The predicted octanol–water partition coefficient (Wildman–Crippen LogP) is 3.73. The Kier molecular flexibility index (Phi) is 6.27. The zero-order valence-electron chi connectivity index (χ0n) is 18.2. The summed E-state index contributed by atoms with van der Waals surface area (Å²) in [6.45, 7) is 3.93. The molecule has 1 fully saturated rings. The van der Waals surface area contributed by atoms with Crippen LogP contribution in [0.5, 0.6) is 0 Å². The van der Waals surface area contributed by atoms with Crippen LogP contribution in [0.15, 0.2) is 61.3 Å². The van der Waals surface area contributed by atoms with Gasteiger partial charge in [-0.15, -0.1) is 10.2 Å². The number of aromatic nitrogens is 4. The molecule has 0 saturated carbocycles. The standard InChI is InChI=1S/C25H29FN6/c26-24-7-2-1-4-19(24)10-12-31-13-11-27-16-22(31)6-3-5-20-15-28-25-9-8-21(14-23(20)25)32-17-29-30-18-32/h1-2,4,7-9,14-15,17-18,22,27-28H,3,5-6,10-13,16H2.